The highest BCUT2D eigenvalue weighted by Gasteiger charge is 2.12. The lowest BCUT2D eigenvalue weighted by Gasteiger charge is -2.06. The molecule has 3 N–H and O–H groups in total. The van der Waals surface area contributed by atoms with Gasteiger partial charge < -0.3 is 16.0 Å². The third-order valence-electron chi connectivity index (χ3n) is 4.09. The Bertz CT molecular complexity index is 1180. The number of hydrogen-bond donors (Lipinski definition) is 3. The third-order valence-corrected chi connectivity index (χ3v) is 5.00. The van der Waals surface area contributed by atoms with Crippen LogP contribution in [-0.4, -0.2) is 21.8 Å². The molecule has 2 aromatic heterocycles. The number of carbonyl (C=O) groups excluding carboxylic acids is 2. The van der Waals surface area contributed by atoms with Gasteiger partial charge in [0.05, 0.1) is 6.20 Å². The number of benzene rings is 2. The Morgan fingerprint density at radius 2 is 1.62 bits per heavy atom. The lowest BCUT2D eigenvalue weighted by molar-refractivity contribution is -0.114. The van der Waals surface area contributed by atoms with Crippen molar-refractivity contribution in [3.05, 3.63) is 71.9 Å². The predicted octanol–water partition coefficient (Wildman–Crippen LogP) is 4.65. The van der Waals surface area contributed by atoms with Crippen LogP contribution in [0.4, 0.5) is 22.3 Å². The highest BCUT2D eigenvalue weighted by Crippen LogP contribution is 2.27. The summed E-state index contributed by atoms with van der Waals surface area (Å²) >= 11 is 1.24. The van der Waals surface area contributed by atoms with Crippen LogP contribution >= 0.6 is 11.3 Å². The number of carbonyl (C=O) groups is 2. The first kappa shape index (κ1) is 18.6. The number of hydrogen-bond acceptors (Lipinski definition) is 6. The molecule has 0 atom stereocenters. The van der Waals surface area contributed by atoms with E-state index in [2.05, 4.69) is 25.9 Å². The van der Waals surface area contributed by atoms with Gasteiger partial charge in [-0.3, -0.25) is 9.59 Å². The number of aromatic nitrogens is 2. The minimum absolute atomic E-state index is 0.146. The van der Waals surface area contributed by atoms with Crippen molar-refractivity contribution < 1.29 is 9.59 Å². The Hall–Kier alpha value is -3.78. The van der Waals surface area contributed by atoms with E-state index in [1.54, 1.807) is 30.5 Å². The summed E-state index contributed by atoms with van der Waals surface area (Å²) in [6, 6.07) is 16.8. The Labute approximate surface area is 170 Å². The second kappa shape index (κ2) is 8.07. The highest BCUT2D eigenvalue weighted by molar-refractivity contribution is 7.17. The van der Waals surface area contributed by atoms with Crippen molar-refractivity contribution in [2.75, 3.05) is 16.0 Å². The summed E-state index contributed by atoms with van der Waals surface area (Å²) in [5.41, 5.74) is 1.30. The van der Waals surface area contributed by atoms with Gasteiger partial charge in [-0.05, 0) is 35.7 Å². The summed E-state index contributed by atoms with van der Waals surface area (Å²) in [5, 5.41) is 11.3. The van der Waals surface area contributed by atoms with Gasteiger partial charge in [0.2, 0.25) is 5.91 Å². The summed E-state index contributed by atoms with van der Waals surface area (Å²) in [5.74, 6) is 0.291. The lowest BCUT2D eigenvalue weighted by atomic mass is 10.2. The van der Waals surface area contributed by atoms with Crippen molar-refractivity contribution in [2.45, 2.75) is 6.92 Å². The van der Waals surface area contributed by atoms with Crippen LogP contribution in [0.15, 0.2) is 67.0 Å². The molecule has 0 saturated carbocycles. The van der Waals surface area contributed by atoms with E-state index in [0.717, 1.165) is 10.8 Å². The van der Waals surface area contributed by atoms with Gasteiger partial charge >= 0.3 is 0 Å². The minimum Gasteiger partial charge on any atom is -0.326 e. The van der Waals surface area contributed by atoms with Crippen molar-refractivity contribution in [1.29, 1.82) is 0 Å². The van der Waals surface area contributed by atoms with E-state index in [1.807, 2.05) is 30.3 Å². The molecule has 0 aliphatic rings. The molecular formula is C21H17N5O2S. The molecule has 2 amide bonds. The molecule has 8 heteroatoms. The first-order chi connectivity index (χ1) is 14.1. The van der Waals surface area contributed by atoms with E-state index < -0.39 is 0 Å². The van der Waals surface area contributed by atoms with Crippen molar-refractivity contribution in [1.82, 2.24) is 9.97 Å². The summed E-state index contributed by atoms with van der Waals surface area (Å²) in [6.07, 6.45) is 3.26. The molecule has 0 fully saturated rings. The normalized spacial score (nSPS) is 10.5. The van der Waals surface area contributed by atoms with Crippen LogP contribution in [-0.2, 0) is 4.79 Å². The van der Waals surface area contributed by atoms with Gasteiger partial charge in [0.25, 0.3) is 5.91 Å². The van der Waals surface area contributed by atoms with Crippen LogP contribution in [0.3, 0.4) is 0 Å². The smallest absolute Gasteiger partial charge is 0.267 e. The second-order valence-electron chi connectivity index (χ2n) is 6.25. The number of rotatable bonds is 5. The zero-order valence-electron chi connectivity index (χ0n) is 15.5. The summed E-state index contributed by atoms with van der Waals surface area (Å²) < 4.78 is 0. The molecule has 0 bridgehead atoms. The average Bonchev–Trinajstić information content (AvgIpc) is 3.18. The Kier molecular flexibility index (Phi) is 5.17. The largest absolute Gasteiger partial charge is 0.326 e. The third kappa shape index (κ3) is 4.39. The van der Waals surface area contributed by atoms with Crippen LogP contribution in [0.1, 0.15) is 16.6 Å². The molecule has 2 aromatic carbocycles. The summed E-state index contributed by atoms with van der Waals surface area (Å²) in [4.78, 5) is 32.7. The molecule has 144 valence electrons. The minimum atomic E-state index is -0.256. The zero-order valence-corrected chi connectivity index (χ0v) is 16.3. The molecule has 2 heterocycles. The fourth-order valence-corrected chi connectivity index (χ4v) is 3.50. The van der Waals surface area contributed by atoms with E-state index in [9.17, 15) is 9.59 Å². The summed E-state index contributed by atoms with van der Waals surface area (Å²) in [7, 11) is 0. The van der Waals surface area contributed by atoms with E-state index in [0.29, 0.717) is 27.2 Å². The quantitative estimate of drug-likeness (QED) is 0.451. The first-order valence-electron chi connectivity index (χ1n) is 8.84. The SMILES string of the molecule is CC(=O)Nc1ccc(NC(=O)c2cnc(Nc3nccc4ccccc34)s2)cc1. The van der Waals surface area contributed by atoms with Gasteiger partial charge in [-0.1, -0.05) is 35.6 Å². The second-order valence-corrected chi connectivity index (χ2v) is 7.28. The Morgan fingerprint density at radius 1 is 0.897 bits per heavy atom. The van der Waals surface area contributed by atoms with E-state index in [-0.39, 0.29) is 11.8 Å². The monoisotopic (exact) mass is 403 g/mol. The number of nitrogens with zero attached hydrogens (tertiary/aromatic N) is 2. The molecule has 4 rings (SSSR count). The van der Waals surface area contributed by atoms with E-state index in [4.69, 9.17) is 0 Å². The van der Waals surface area contributed by atoms with Crippen molar-refractivity contribution in [3.63, 3.8) is 0 Å². The number of amides is 2. The Balaban J connectivity index is 1.45. The van der Waals surface area contributed by atoms with Crippen molar-refractivity contribution >= 4 is 56.2 Å². The first-order valence-corrected chi connectivity index (χ1v) is 9.66. The van der Waals surface area contributed by atoms with Crippen LogP contribution in [0.25, 0.3) is 10.8 Å². The Morgan fingerprint density at radius 3 is 2.38 bits per heavy atom. The molecule has 0 spiro atoms. The van der Waals surface area contributed by atoms with Crippen LogP contribution in [0, 0.1) is 0 Å². The van der Waals surface area contributed by atoms with Crippen LogP contribution in [0.5, 0.6) is 0 Å². The highest BCUT2D eigenvalue weighted by atomic mass is 32.1. The van der Waals surface area contributed by atoms with Gasteiger partial charge in [-0.15, -0.1) is 0 Å². The van der Waals surface area contributed by atoms with Gasteiger partial charge in [-0.2, -0.15) is 0 Å². The number of pyridine rings is 1. The van der Waals surface area contributed by atoms with Gasteiger partial charge in [-0.25, -0.2) is 9.97 Å². The predicted molar refractivity (Wildman–Crippen MR) is 116 cm³/mol. The molecule has 0 radical (unpaired) electrons. The van der Waals surface area contributed by atoms with E-state index >= 15 is 0 Å². The fraction of sp³-hybridized carbons (Fsp3) is 0.0476. The maximum absolute atomic E-state index is 12.5. The molecule has 0 unspecified atom stereocenters. The molecule has 0 aliphatic heterocycles. The maximum Gasteiger partial charge on any atom is 0.267 e. The maximum atomic E-state index is 12.5. The zero-order chi connectivity index (χ0) is 20.2. The molecule has 4 aromatic rings. The van der Waals surface area contributed by atoms with Gasteiger partial charge in [0.1, 0.15) is 10.7 Å². The van der Waals surface area contributed by atoms with E-state index in [1.165, 1.54) is 24.5 Å². The molecule has 0 saturated heterocycles. The number of anilines is 4. The number of nitrogens with one attached hydrogen (secondary N) is 3. The lowest BCUT2D eigenvalue weighted by Crippen LogP contribution is -2.10. The van der Waals surface area contributed by atoms with Crippen LogP contribution < -0.4 is 16.0 Å². The standard InChI is InChI=1S/C21H17N5O2S/c1-13(27)24-15-6-8-16(9-7-15)25-20(28)18-12-23-21(29-18)26-19-17-5-3-2-4-14(17)10-11-22-19/h2-12H,1H3,(H,24,27)(H,25,28)(H,22,23,26). The molecule has 7 nitrogen and oxygen atoms in total. The molecule has 29 heavy (non-hydrogen) atoms. The molecular weight excluding hydrogens is 386 g/mol. The number of thiazole rings is 1. The average molecular weight is 403 g/mol. The molecule has 0 aliphatic carbocycles. The van der Waals surface area contributed by atoms with Gasteiger partial charge in [0.15, 0.2) is 5.13 Å². The van der Waals surface area contributed by atoms with Crippen molar-refractivity contribution in [3.8, 4) is 0 Å². The van der Waals surface area contributed by atoms with Crippen molar-refractivity contribution in [2.24, 2.45) is 0 Å². The topological polar surface area (TPSA) is 96.0 Å². The fourth-order valence-electron chi connectivity index (χ4n) is 2.79. The van der Waals surface area contributed by atoms with Crippen LogP contribution in [0.2, 0.25) is 0 Å². The summed E-state index contributed by atoms with van der Waals surface area (Å²) in [6.45, 7) is 1.44. The number of fused-ring (bicyclic) bond motifs is 1. The van der Waals surface area contributed by atoms with Gasteiger partial charge in [0, 0.05) is 29.9 Å².